The smallest absolute Gasteiger partial charge is 0.171 e. The number of nitrogen functional groups attached to an aromatic ring is 1. The highest BCUT2D eigenvalue weighted by molar-refractivity contribution is 6.30. The Hall–Kier alpha value is -3.36. The van der Waals surface area contributed by atoms with Gasteiger partial charge in [0.25, 0.3) is 0 Å². The van der Waals surface area contributed by atoms with Gasteiger partial charge in [-0.3, -0.25) is 0 Å². The summed E-state index contributed by atoms with van der Waals surface area (Å²) in [7, 11) is 0. The molecule has 0 spiro atoms. The summed E-state index contributed by atoms with van der Waals surface area (Å²) >= 11 is 5.98. The molecule has 126 valence electrons. The number of fused-ring (bicyclic) bond motifs is 1. The summed E-state index contributed by atoms with van der Waals surface area (Å²) in [5.41, 5.74) is 10.7. The van der Waals surface area contributed by atoms with E-state index in [1.54, 1.807) is 23.0 Å². The van der Waals surface area contributed by atoms with Crippen molar-refractivity contribution in [2.75, 3.05) is 5.73 Å². The molecule has 4 aromatic rings. The minimum absolute atomic E-state index is 0.469. The zero-order chi connectivity index (χ0) is 18.1. The summed E-state index contributed by atoms with van der Waals surface area (Å²) in [4.78, 5) is 8.79. The lowest BCUT2D eigenvalue weighted by atomic mass is 10.1. The van der Waals surface area contributed by atoms with E-state index >= 15 is 0 Å². The highest BCUT2D eigenvalue weighted by atomic mass is 35.5. The van der Waals surface area contributed by atoms with Crippen molar-refractivity contribution in [2.24, 2.45) is 0 Å². The maximum absolute atomic E-state index is 5.98. The SMILES string of the molecule is Cc1cc(-c2ccc(Cl)cc2)nc2c(C#Cc3ccc(N)nc3)cnn12. The van der Waals surface area contributed by atoms with Gasteiger partial charge in [0.1, 0.15) is 5.82 Å². The van der Waals surface area contributed by atoms with Crippen molar-refractivity contribution in [3.05, 3.63) is 76.7 Å². The van der Waals surface area contributed by atoms with Crippen molar-refractivity contribution in [1.82, 2.24) is 19.6 Å². The van der Waals surface area contributed by atoms with E-state index in [0.29, 0.717) is 16.5 Å². The Morgan fingerprint density at radius 3 is 2.58 bits per heavy atom. The van der Waals surface area contributed by atoms with Crippen LogP contribution in [0.3, 0.4) is 0 Å². The fourth-order valence-electron chi connectivity index (χ4n) is 2.59. The molecule has 5 nitrogen and oxygen atoms in total. The zero-order valence-electron chi connectivity index (χ0n) is 13.9. The van der Waals surface area contributed by atoms with E-state index in [-0.39, 0.29) is 0 Å². The van der Waals surface area contributed by atoms with Gasteiger partial charge in [0.2, 0.25) is 0 Å². The molecule has 3 aromatic heterocycles. The van der Waals surface area contributed by atoms with Crippen molar-refractivity contribution in [2.45, 2.75) is 6.92 Å². The number of anilines is 1. The first-order valence-corrected chi connectivity index (χ1v) is 8.33. The molecule has 0 amide bonds. The van der Waals surface area contributed by atoms with Crippen LogP contribution in [0.25, 0.3) is 16.9 Å². The first-order valence-electron chi connectivity index (χ1n) is 7.95. The fraction of sp³-hybridized carbons (Fsp3) is 0.0500. The summed E-state index contributed by atoms with van der Waals surface area (Å²) in [5.74, 6) is 6.66. The molecule has 0 aliphatic heterocycles. The Labute approximate surface area is 155 Å². The summed E-state index contributed by atoms with van der Waals surface area (Å²) in [6.07, 6.45) is 3.37. The standard InChI is InChI=1S/C20H14ClN5/c1-13-10-18(15-5-7-17(21)8-6-15)25-20-16(12-24-26(13)20)4-2-14-3-9-19(22)23-11-14/h3,5-12H,1H3,(H2,22,23). The molecule has 0 radical (unpaired) electrons. The van der Waals surface area contributed by atoms with Gasteiger partial charge in [-0.1, -0.05) is 35.6 Å². The number of halogens is 1. The average molecular weight is 360 g/mol. The van der Waals surface area contributed by atoms with E-state index in [0.717, 1.165) is 28.1 Å². The van der Waals surface area contributed by atoms with Crippen LogP contribution in [0.1, 0.15) is 16.8 Å². The molecule has 0 fully saturated rings. The molecule has 0 aliphatic carbocycles. The molecule has 3 heterocycles. The molecule has 0 aliphatic rings. The van der Waals surface area contributed by atoms with Crippen LogP contribution in [0.15, 0.2) is 54.9 Å². The van der Waals surface area contributed by atoms with Crippen LogP contribution in [-0.4, -0.2) is 19.6 Å². The minimum Gasteiger partial charge on any atom is -0.384 e. The predicted molar refractivity (Wildman–Crippen MR) is 103 cm³/mol. The van der Waals surface area contributed by atoms with Crippen LogP contribution in [0.2, 0.25) is 5.02 Å². The third-order valence-electron chi connectivity index (χ3n) is 3.92. The molecule has 0 saturated heterocycles. The first kappa shape index (κ1) is 16.1. The number of hydrogen-bond donors (Lipinski definition) is 1. The van der Waals surface area contributed by atoms with E-state index in [1.165, 1.54) is 0 Å². The summed E-state index contributed by atoms with van der Waals surface area (Å²) in [5, 5.41) is 5.08. The van der Waals surface area contributed by atoms with E-state index in [1.807, 2.05) is 43.3 Å². The van der Waals surface area contributed by atoms with Gasteiger partial charge >= 0.3 is 0 Å². The van der Waals surface area contributed by atoms with E-state index in [9.17, 15) is 0 Å². The molecule has 6 heteroatoms. The van der Waals surface area contributed by atoms with Crippen LogP contribution in [0, 0.1) is 18.8 Å². The van der Waals surface area contributed by atoms with E-state index in [2.05, 4.69) is 21.9 Å². The van der Waals surface area contributed by atoms with Gasteiger partial charge in [-0.2, -0.15) is 5.10 Å². The van der Waals surface area contributed by atoms with Crippen LogP contribution >= 0.6 is 11.6 Å². The van der Waals surface area contributed by atoms with E-state index in [4.69, 9.17) is 22.3 Å². The molecule has 4 rings (SSSR count). The van der Waals surface area contributed by atoms with Crippen molar-refractivity contribution in [1.29, 1.82) is 0 Å². The predicted octanol–water partition coefficient (Wildman–Crippen LogP) is 3.74. The third-order valence-corrected chi connectivity index (χ3v) is 4.17. The number of pyridine rings is 1. The maximum atomic E-state index is 5.98. The second-order valence-electron chi connectivity index (χ2n) is 5.81. The Bertz CT molecular complexity index is 1150. The Balaban J connectivity index is 1.79. The molecular weight excluding hydrogens is 346 g/mol. The number of nitrogens with two attached hydrogens (primary N) is 1. The molecular formula is C20H14ClN5. The molecule has 2 N–H and O–H groups in total. The topological polar surface area (TPSA) is 69.1 Å². The normalized spacial score (nSPS) is 10.5. The van der Waals surface area contributed by atoms with Gasteiger partial charge in [-0.05, 0) is 37.3 Å². The lowest BCUT2D eigenvalue weighted by Gasteiger charge is -2.05. The van der Waals surface area contributed by atoms with Gasteiger partial charge in [0, 0.05) is 28.0 Å². The van der Waals surface area contributed by atoms with Crippen molar-refractivity contribution < 1.29 is 0 Å². The number of aromatic nitrogens is 4. The molecule has 0 atom stereocenters. The second kappa shape index (κ2) is 6.51. The monoisotopic (exact) mass is 359 g/mol. The number of benzene rings is 1. The van der Waals surface area contributed by atoms with Crippen molar-refractivity contribution in [3.8, 4) is 23.1 Å². The largest absolute Gasteiger partial charge is 0.384 e. The lowest BCUT2D eigenvalue weighted by Crippen LogP contribution is -1.98. The van der Waals surface area contributed by atoms with Crippen LogP contribution in [0.5, 0.6) is 0 Å². The van der Waals surface area contributed by atoms with Crippen LogP contribution < -0.4 is 5.73 Å². The molecule has 0 bridgehead atoms. The number of hydrogen-bond acceptors (Lipinski definition) is 4. The quantitative estimate of drug-likeness (QED) is 0.526. The minimum atomic E-state index is 0.469. The average Bonchev–Trinajstić information content (AvgIpc) is 3.05. The Morgan fingerprint density at radius 2 is 1.85 bits per heavy atom. The van der Waals surface area contributed by atoms with E-state index < -0.39 is 0 Å². The number of nitrogens with zero attached hydrogens (tertiary/aromatic N) is 4. The summed E-state index contributed by atoms with van der Waals surface area (Å²) < 4.78 is 1.78. The Kier molecular flexibility index (Phi) is 4.04. The highest BCUT2D eigenvalue weighted by Gasteiger charge is 2.09. The third kappa shape index (κ3) is 3.10. The Morgan fingerprint density at radius 1 is 1.04 bits per heavy atom. The van der Waals surface area contributed by atoms with Gasteiger partial charge in [0.15, 0.2) is 5.65 Å². The van der Waals surface area contributed by atoms with Gasteiger partial charge in [0.05, 0.1) is 17.5 Å². The van der Waals surface area contributed by atoms with Crippen molar-refractivity contribution in [3.63, 3.8) is 0 Å². The maximum Gasteiger partial charge on any atom is 0.171 e. The van der Waals surface area contributed by atoms with Crippen molar-refractivity contribution >= 4 is 23.1 Å². The van der Waals surface area contributed by atoms with Gasteiger partial charge < -0.3 is 5.73 Å². The fourth-order valence-corrected chi connectivity index (χ4v) is 2.71. The highest BCUT2D eigenvalue weighted by Crippen LogP contribution is 2.22. The molecule has 26 heavy (non-hydrogen) atoms. The van der Waals surface area contributed by atoms with Gasteiger partial charge in [-0.15, -0.1) is 0 Å². The molecule has 0 saturated carbocycles. The number of rotatable bonds is 1. The molecule has 1 aromatic carbocycles. The second-order valence-corrected chi connectivity index (χ2v) is 6.24. The lowest BCUT2D eigenvalue weighted by molar-refractivity contribution is 0.896. The zero-order valence-corrected chi connectivity index (χ0v) is 14.7. The van der Waals surface area contributed by atoms with Gasteiger partial charge in [-0.25, -0.2) is 14.5 Å². The van der Waals surface area contributed by atoms with Crippen LogP contribution in [0.4, 0.5) is 5.82 Å². The van der Waals surface area contributed by atoms with Crippen LogP contribution in [-0.2, 0) is 0 Å². The summed E-state index contributed by atoms with van der Waals surface area (Å²) in [6, 6.07) is 13.1. The molecule has 0 unspecified atom stereocenters. The summed E-state index contributed by atoms with van der Waals surface area (Å²) in [6.45, 7) is 1.99. The first-order chi connectivity index (χ1) is 12.6. The number of aryl methyl sites for hydroxylation is 1.